The largest absolute Gasteiger partial charge is 0.508 e. The predicted octanol–water partition coefficient (Wildman–Crippen LogP) is 4.56. The monoisotopic (exact) mass is 1660 g/mol. The van der Waals surface area contributed by atoms with Crippen LogP contribution in [0.2, 0.25) is 10.0 Å². The van der Waals surface area contributed by atoms with Crippen LogP contribution >= 0.6 is 23.2 Å². The van der Waals surface area contributed by atoms with Gasteiger partial charge in [0.25, 0.3) is 5.91 Å². The number of rotatable bonds is 16. The van der Waals surface area contributed by atoms with Gasteiger partial charge in [-0.1, -0.05) is 93.4 Å². The van der Waals surface area contributed by atoms with Crippen molar-refractivity contribution in [3.8, 4) is 80.1 Å². The summed E-state index contributed by atoms with van der Waals surface area (Å²) in [7, 11) is 0. The third-order valence-corrected chi connectivity index (χ3v) is 21.6. The van der Waals surface area contributed by atoms with E-state index in [0.717, 1.165) is 105 Å². The van der Waals surface area contributed by atoms with Crippen molar-refractivity contribution in [1.29, 1.82) is 0 Å². The number of halogens is 2. The normalized spacial score (nSPS) is 26.4. The molecule has 0 radical (unpaired) electrons. The number of Topliss-reactive ketones (excluding diaryl/α,β-unsaturated/α-hetero) is 1. The molecule has 19 N–H and O–H groups in total. The fraction of sp³-hybridized carbons (Fsp3) is 0.383. The first-order valence-corrected chi connectivity index (χ1v) is 38.3. The molecule has 0 saturated carbocycles. The summed E-state index contributed by atoms with van der Waals surface area (Å²) < 4.78 is 44.4. The Morgan fingerprint density at radius 2 is 1.17 bits per heavy atom. The molecule has 17 unspecified atom stereocenters. The highest BCUT2D eigenvalue weighted by molar-refractivity contribution is 6.33. The summed E-state index contributed by atoms with van der Waals surface area (Å²) in [5, 5.41) is 154. The molecular weight excluding hydrogens is 1570 g/mol. The van der Waals surface area contributed by atoms with E-state index < -0.39 is 248 Å². The second kappa shape index (κ2) is 35.4. The fourth-order valence-electron chi connectivity index (χ4n) is 14.6. The van der Waals surface area contributed by atoms with E-state index in [1.54, 1.807) is 0 Å². The molecular formula is C81H85Cl2N7O27. The Labute approximate surface area is 676 Å². The molecule has 8 heterocycles. The van der Waals surface area contributed by atoms with Crippen LogP contribution in [0.15, 0.2) is 115 Å². The lowest BCUT2D eigenvalue weighted by molar-refractivity contribution is -0.277. The Kier molecular flexibility index (Phi) is 25.3. The predicted molar refractivity (Wildman–Crippen MR) is 409 cm³/mol. The van der Waals surface area contributed by atoms with Gasteiger partial charge in [-0.25, -0.2) is 0 Å². The third-order valence-electron chi connectivity index (χ3n) is 20.9. The molecule has 117 heavy (non-hydrogen) atoms. The summed E-state index contributed by atoms with van der Waals surface area (Å²) in [5.41, 5.74) is -2.69. The molecule has 8 aliphatic heterocycles. The van der Waals surface area contributed by atoms with E-state index >= 15 is 24.0 Å². The van der Waals surface area contributed by atoms with Crippen molar-refractivity contribution in [2.24, 2.45) is 5.92 Å². The van der Waals surface area contributed by atoms with Crippen LogP contribution < -0.4 is 60.9 Å². The van der Waals surface area contributed by atoms with E-state index in [4.69, 9.17) is 56.4 Å². The van der Waals surface area contributed by atoms with Crippen molar-refractivity contribution in [2.45, 2.75) is 176 Å². The molecule has 7 aromatic rings. The van der Waals surface area contributed by atoms with E-state index in [2.05, 4.69) is 51.1 Å². The molecule has 0 aromatic heterocycles. The number of nitrogens with one attached hydrogen (secondary N) is 7. The van der Waals surface area contributed by atoms with Gasteiger partial charge in [0, 0.05) is 47.2 Å². The van der Waals surface area contributed by atoms with Crippen molar-refractivity contribution in [2.75, 3.05) is 13.2 Å². The van der Waals surface area contributed by atoms with Crippen molar-refractivity contribution < 1.29 is 133 Å². The molecule has 15 rings (SSSR count). The van der Waals surface area contributed by atoms with Gasteiger partial charge in [-0.15, -0.1) is 0 Å². The van der Waals surface area contributed by atoms with E-state index in [9.17, 15) is 75.7 Å². The second-order valence-electron chi connectivity index (χ2n) is 29.7. The second-order valence-corrected chi connectivity index (χ2v) is 30.5. The summed E-state index contributed by atoms with van der Waals surface area (Å²) >= 11 is 14.2. The van der Waals surface area contributed by atoms with Gasteiger partial charge in [-0.3, -0.25) is 38.4 Å². The average Bonchev–Trinajstić information content (AvgIpc) is 1.60. The topological polar surface area (TPSA) is 528 Å². The lowest BCUT2D eigenvalue weighted by Crippen LogP contribution is -2.65. The van der Waals surface area contributed by atoms with Gasteiger partial charge in [-0.05, 0) is 126 Å². The molecule has 2 saturated heterocycles. The minimum Gasteiger partial charge on any atom is -0.508 e. The molecule has 2 fully saturated rings. The molecule has 7 amide bonds. The Morgan fingerprint density at radius 1 is 0.538 bits per heavy atom. The molecule has 0 spiro atoms. The van der Waals surface area contributed by atoms with Crippen molar-refractivity contribution in [3.05, 3.63) is 164 Å². The van der Waals surface area contributed by atoms with Crippen LogP contribution in [0.25, 0.3) is 11.1 Å². The first-order chi connectivity index (χ1) is 55.8. The number of ether oxygens (including phenoxy) is 7. The standard InChI is InChI=1S/C81H85Cl2N7O27/c1-33(2)9-7-5-4-6-8-10-58(98)85-66-70(102)68(100)56(31-91)115-80(66)117-73-54-25-39-26-55(73)113-51-20-15-37(23-46(51)82)67(99)65-79(110)86-61(34(3)93)44-27-40(94)28-53(114-81-72(104)71(103)69(101)57(32-92)116-81)59(44)43-22-36(13-18-48(43)95)62(76(107)90-65)87-77(108)63(39)88-78(109)64-45-29-42(30-50(97)60(45)83)112-52-24-38(14-19-49(52)96)74(105)84-47(75(106)89-64)21-35-11-16-41(111-54)17-12-35/h11-20,22-30,33,47,56-57,61-72,80-81,91-92,94-97,99-104H,4-10,21,31-32H2,1-3H3,(H,84,105)(H,85,98)(H,86,110)(H,87,108)(H,88,109)(H,89,106)(H,90,107). The fourth-order valence-corrected chi connectivity index (χ4v) is 15.1. The number of benzene rings is 7. The Bertz CT molecular complexity index is 5000. The van der Waals surface area contributed by atoms with Gasteiger partial charge in [0.15, 0.2) is 28.8 Å². The Morgan fingerprint density at radius 3 is 1.87 bits per heavy atom. The van der Waals surface area contributed by atoms with Crippen molar-refractivity contribution in [1.82, 2.24) is 37.2 Å². The highest BCUT2D eigenvalue weighted by Gasteiger charge is 2.50. The Hall–Kier alpha value is -11.1. The number of ketones is 1. The van der Waals surface area contributed by atoms with Crippen molar-refractivity contribution >= 4 is 70.3 Å². The van der Waals surface area contributed by atoms with Gasteiger partial charge in [0.1, 0.15) is 131 Å². The van der Waals surface area contributed by atoms with Crippen LogP contribution in [0.3, 0.4) is 0 Å². The number of hydrogen-bond donors (Lipinski definition) is 19. The van der Waals surface area contributed by atoms with Crippen LogP contribution in [0.5, 0.6) is 69.0 Å². The summed E-state index contributed by atoms with van der Waals surface area (Å²) in [6.07, 6.45) is -15.0. The van der Waals surface area contributed by atoms with Gasteiger partial charge in [-0.2, -0.15) is 0 Å². The zero-order valence-corrected chi connectivity index (χ0v) is 64.2. The quantitative estimate of drug-likeness (QED) is 0.0590. The first-order valence-electron chi connectivity index (χ1n) is 37.6. The summed E-state index contributed by atoms with van der Waals surface area (Å²) in [4.78, 5) is 122. The molecule has 620 valence electrons. The molecule has 34 nitrogen and oxygen atoms in total. The lowest BCUT2D eigenvalue weighted by Gasteiger charge is -2.42. The van der Waals surface area contributed by atoms with Crippen LogP contribution in [0.4, 0.5) is 0 Å². The van der Waals surface area contributed by atoms with E-state index in [1.165, 1.54) is 42.5 Å². The number of phenolic OH excluding ortho intramolecular Hbond substituents is 4. The zero-order chi connectivity index (χ0) is 83.7. The lowest BCUT2D eigenvalue weighted by atomic mass is 9.88. The van der Waals surface area contributed by atoms with E-state index in [0.29, 0.717) is 24.3 Å². The number of carbonyl (C=O) groups is 8. The number of phenols is 4. The van der Waals surface area contributed by atoms with E-state index in [1.807, 2.05) is 0 Å². The highest BCUT2D eigenvalue weighted by atomic mass is 35.5. The number of hydrogen-bond acceptors (Lipinski definition) is 27. The van der Waals surface area contributed by atoms with Crippen LogP contribution in [-0.2, 0) is 49.5 Å². The van der Waals surface area contributed by atoms with Gasteiger partial charge in [0.05, 0.1) is 23.3 Å². The maximum absolute atomic E-state index is 16.6. The Balaban J connectivity index is 1.03. The van der Waals surface area contributed by atoms with Gasteiger partial charge in [0.2, 0.25) is 53.8 Å². The minimum atomic E-state index is -2.38. The number of amides is 7. The van der Waals surface area contributed by atoms with Crippen LogP contribution in [0.1, 0.15) is 140 Å². The third kappa shape index (κ3) is 18.1. The average molecular weight is 1660 g/mol. The SMILES string of the molecule is CC(=O)C1NC(=O)C2NC(=O)C(NC(=O)C3NC(=O)C4NC(=O)C(Cc5ccc(cc5)Oc5cc3cc(c5OC3OC(CO)C(O)C(O)C3NC(=O)CCCCCCCC(C)C)Oc3ccc(cc3Cl)C2O)NC(=O)c2ccc(O)c(c2)Oc2cc(O)c(Cl)c4c2)c2ccc(O)c(c2)-c2c(OC3OC(CO)C(O)C(O)C3O)cc(O)cc21. The van der Waals surface area contributed by atoms with Crippen LogP contribution in [-0.4, -0.2) is 195 Å². The molecule has 8 aliphatic rings. The van der Waals surface area contributed by atoms with Gasteiger partial charge >= 0.3 is 0 Å². The van der Waals surface area contributed by atoms with Crippen LogP contribution in [0, 0.1) is 5.92 Å². The smallest absolute Gasteiger partial charge is 0.252 e. The molecule has 17 bridgehead atoms. The first kappa shape index (κ1) is 83.8. The highest BCUT2D eigenvalue weighted by Crippen LogP contribution is 2.50. The van der Waals surface area contributed by atoms with Gasteiger partial charge < -0.3 is 132 Å². The number of carbonyl (C=O) groups excluding carboxylic acids is 8. The number of unbranched alkanes of at least 4 members (excludes halogenated alkanes) is 4. The van der Waals surface area contributed by atoms with E-state index in [-0.39, 0.29) is 52.5 Å². The minimum absolute atomic E-state index is 0.0710. The molecule has 36 heteroatoms. The molecule has 0 aliphatic carbocycles. The number of aromatic hydroxyl groups is 4. The summed E-state index contributed by atoms with van der Waals surface area (Å²) in [5.74, 6) is -14.9. The maximum Gasteiger partial charge on any atom is 0.252 e. The molecule has 7 aromatic carbocycles. The van der Waals surface area contributed by atoms with Crippen molar-refractivity contribution in [3.63, 3.8) is 0 Å². The maximum atomic E-state index is 16.6. The number of aliphatic hydroxyl groups excluding tert-OH is 8. The summed E-state index contributed by atoms with van der Waals surface area (Å²) in [6.45, 7) is 3.36. The zero-order valence-electron chi connectivity index (χ0n) is 62.7. The number of fused-ring (bicyclic) bond motifs is 14. The summed E-state index contributed by atoms with van der Waals surface area (Å²) in [6, 6.07) is 7.53. The number of aliphatic hydroxyl groups is 8. The molecule has 17 atom stereocenters.